The minimum atomic E-state index is 0.373. The van der Waals surface area contributed by atoms with E-state index in [4.69, 9.17) is 51.8 Å². The van der Waals surface area contributed by atoms with E-state index in [2.05, 4.69) is 16.7 Å². The second kappa shape index (κ2) is 9.44. The number of ether oxygens (including phenoxy) is 1. The molecule has 0 atom stereocenters. The van der Waals surface area contributed by atoms with Crippen molar-refractivity contribution in [3.63, 3.8) is 0 Å². The quantitative estimate of drug-likeness (QED) is 0.564. The molecule has 27 heavy (non-hydrogen) atoms. The van der Waals surface area contributed by atoms with Crippen molar-refractivity contribution in [2.24, 2.45) is 0 Å². The largest absolute Gasteiger partial charge is 0.488 e. The summed E-state index contributed by atoms with van der Waals surface area (Å²) in [5.41, 5.74) is 1.79. The lowest BCUT2D eigenvalue weighted by Crippen LogP contribution is -2.48. The molecule has 1 heterocycles. The summed E-state index contributed by atoms with van der Waals surface area (Å²) in [6, 6.07) is 11.0. The Morgan fingerprint density at radius 2 is 1.74 bits per heavy atom. The van der Waals surface area contributed by atoms with Crippen LogP contribution < -0.4 is 4.74 Å². The van der Waals surface area contributed by atoms with Gasteiger partial charge < -0.3 is 14.5 Å². The normalized spacial score (nSPS) is 15.0. The van der Waals surface area contributed by atoms with Crippen LogP contribution in [0.2, 0.25) is 15.1 Å². The molecule has 0 saturated carbocycles. The second-order valence-electron chi connectivity index (χ2n) is 6.40. The lowest BCUT2D eigenvalue weighted by molar-refractivity contribution is 0.191. The average Bonchev–Trinajstić information content (AvgIpc) is 2.69. The number of hydrogen-bond acceptors (Lipinski definition) is 3. The minimum absolute atomic E-state index is 0.373. The first-order valence-corrected chi connectivity index (χ1v) is 10.4. The standard InChI is InChI=1S/C20H21Cl3N2OS/c1-2-24-7-9-25(10-8-24)20(27)16-12-15(21)4-6-19(16)26-13-14-3-5-17(22)18(23)11-14/h3-6,11-12H,2,7-10,13H2,1H3. The molecule has 7 heteroatoms. The molecule has 3 rings (SSSR count). The van der Waals surface area contributed by atoms with Crippen molar-refractivity contribution < 1.29 is 4.74 Å². The number of likely N-dealkylation sites (N-methyl/N-ethyl adjacent to an activating group) is 1. The zero-order chi connectivity index (χ0) is 19.4. The molecule has 0 bridgehead atoms. The predicted octanol–water partition coefficient (Wildman–Crippen LogP) is 5.54. The third kappa shape index (κ3) is 5.27. The van der Waals surface area contributed by atoms with E-state index in [1.165, 1.54) is 0 Å². The van der Waals surface area contributed by atoms with Crippen LogP contribution >= 0.6 is 47.0 Å². The Morgan fingerprint density at radius 1 is 1.00 bits per heavy atom. The molecule has 0 N–H and O–H groups in total. The van der Waals surface area contributed by atoms with Gasteiger partial charge in [-0.25, -0.2) is 0 Å². The second-order valence-corrected chi connectivity index (χ2v) is 8.04. The van der Waals surface area contributed by atoms with E-state index in [0.29, 0.717) is 27.4 Å². The predicted molar refractivity (Wildman–Crippen MR) is 118 cm³/mol. The van der Waals surface area contributed by atoms with Gasteiger partial charge in [0.05, 0.1) is 15.6 Å². The molecular formula is C20H21Cl3N2OS. The number of halogens is 3. The number of hydrogen-bond donors (Lipinski definition) is 0. The summed E-state index contributed by atoms with van der Waals surface area (Å²) >= 11 is 24.1. The van der Waals surface area contributed by atoms with Gasteiger partial charge in [0.1, 0.15) is 17.3 Å². The maximum Gasteiger partial charge on any atom is 0.130 e. The summed E-state index contributed by atoms with van der Waals surface area (Å²) < 4.78 is 6.04. The van der Waals surface area contributed by atoms with Crippen LogP contribution in [0.1, 0.15) is 18.1 Å². The molecule has 0 unspecified atom stereocenters. The molecule has 144 valence electrons. The van der Waals surface area contributed by atoms with E-state index >= 15 is 0 Å². The van der Waals surface area contributed by atoms with Gasteiger partial charge in [-0.1, -0.05) is 60.0 Å². The lowest BCUT2D eigenvalue weighted by Gasteiger charge is -2.36. The SMILES string of the molecule is CCN1CCN(C(=S)c2cc(Cl)ccc2OCc2ccc(Cl)c(Cl)c2)CC1. The molecule has 1 saturated heterocycles. The molecule has 0 aromatic heterocycles. The van der Waals surface area contributed by atoms with Crippen molar-refractivity contribution in [1.82, 2.24) is 9.80 Å². The fourth-order valence-electron chi connectivity index (χ4n) is 3.02. The molecule has 1 aliphatic heterocycles. The van der Waals surface area contributed by atoms with Gasteiger partial charge in [-0.15, -0.1) is 0 Å². The van der Waals surface area contributed by atoms with Crippen molar-refractivity contribution in [3.8, 4) is 5.75 Å². The van der Waals surface area contributed by atoms with Crippen LogP contribution in [-0.4, -0.2) is 47.5 Å². The molecule has 0 amide bonds. The molecular weight excluding hydrogens is 423 g/mol. The summed E-state index contributed by atoms with van der Waals surface area (Å²) in [7, 11) is 0. The monoisotopic (exact) mass is 442 g/mol. The summed E-state index contributed by atoms with van der Waals surface area (Å²) in [6.07, 6.45) is 0. The van der Waals surface area contributed by atoms with Crippen LogP contribution in [0.15, 0.2) is 36.4 Å². The first-order valence-electron chi connectivity index (χ1n) is 8.86. The molecule has 1 aliphatic rings. The fraction of sp³-hybridized carbons (Fsp3) is 0.350. The van der Waals surface area contributed by atoms with Gasteiger partial charge in [0.25, 0.3) is 0 Å². The number of rotatable bonds is 5. The number of benzene rings is 2. The van der Waals surface area contributed by atoms with E-state index in [-0.39, 0.29) is 0 Å². The smallest absolute Gasteiger partial charge is 0.130 e. The third-order valence-electron chi connectivity index (χ3n) is 4.66. The maximum atomic E-state index is 6.23. The molecule has 0 spiro atoms. The molecule has 1 fully saturated rings. The van der Waals surface area contributed by atoms with Gasteiger partial charge in [-0.3, -0.25) is 0 Å². The van der Waals surface area contributed by atoms with Crippen molar-refractivity contribution >= 4 is 52.0 Å². The molecule has 0 aliphatic carbocycles. The van der Waals surface area contributed by atoms with Gasteiger partial charge in [0, 0.05) is 31.2 Å². The Labute approximate surface area is 180 Å². The van der Waals surface area contributed by atoms with Gasteiger partial charge in [0.15, 0.2) is 0 Å². The number of piperazine rings is 1. The number of nitrogens with zero attached hydrogens (tertiary/aromatic N) is 2. The highest BCUT2D eigenvalue weighted by molar-refractivity contribution is 7.80. The van der Waals surface area contributed by atoms with Crippen LogP contribution in [0.25, 0.3) is 0 Å². The molecule has 0 radical (unpaired) electrons. The third-order valence-corrected chi connectivity index (χ3v) is 6.11. The Morgan fingerprint density at radius 3 is 2.41 bits per heavy atom. The van der Waals surface area contributed by atoms with Gasteiger partial charge in [-0.05, 0) is 42.4 Å². The van der Waals surface area contributed by atoms with E-state index in [1.807, 2.05) is 30.3 Å². The highest BCUT2D eigenvalue weighted by Gasteiger charge is 2.21. The zero-order valence-corrected chi connectivity index (χ0v) is 18.1. The van der Waals surface area contributed by atoms with Crippen molar-refractivity contribution in [2.45, 2.75) is 13.5 Å². The van der Waals surface area contributed by atoms with Gasteiger partial charge in [-0.2, -0.15) is 0 Å². The summed E-state index contributed by atoms with van der Waals surface area (Å²) in [5, 5.41) is 1.68. The van der Waals surface area contributed by atoms with E-state index in [0.717, 1.165) is 48.8 Å². The van der Waals surface area contributed by atoms with E-state index in [9.17, 15) is 0 Å². The molecule has 2 aromatic rings. The van der Waals surface area contributed by atoms with Crippen LogP contribution in [-0.2, 0) is 6.61 Å². The zero-order valence-electron chi connectivity index (χ0n) is 15.1. The van der Waals surface area contributed by atoms with Crippen LogP contribution in [0, 0.1) is 0 Å². The van der Waals surface area contributed by atoms with E-state index < -0.39 is 0 Å². The van der Waals surface area contributed by atoms with Crippen LogP contribution in [0.5, 0.6) is 5.75 Å². The Bertz CT molecular complexity index is 823. The molecule has 2 aromatic carbocycles. The maximum absolute atomic E-state index is 6.23. The van der Waals surface area contributed by atoms with Gasteiger partial charge in [0.2, 0.25) is 0 Å². The van der Waals surface area contributed by atoms with Gasteiger partial charge >= 0.3 is 0 Å². The lowest BCUT2D eigenvalue weighted by atomic mass is 10.1. The van der Waals surface area contributed by atoms with Crippen molar-refractivity contribution in [3.05, 3.63) is 62.6 Å². The summed E-state index contributed by atoms with van der Waals surface area (Å²) in [5.74, 6) is 0.716. The van der Waals surface area contributed by atoms with Crippen LogP contribution in [0.4, 0.5) is 0 Å². The summed E-state index contributed by atoms with van der Waals surface area (Å²) in [6.45, 7) is 7.46. The highest BCUT2D eigenvalue weighted by atomic mass is 35.5. The van der Waals surface area contributed by atoms with Crippen LogP contribution in [0.3, 0.4) is 0 Å². The Kier molecular flexibility index (Phi) is 7.23. The van der Waals surface area contributed by atoms with Crippen molar-refractivity contribution in [2.75, 3.05) is 32.7 Å². The first kappa shape index (κ1) is 20.7. The first-order chi connectivity index (χ1) is 13.0. The highest BCUT2D eigenvalue weighted by Crippen LogP contribution is 2.28. The van der Waals surface area contributed by atoms with E-state index in [1.54, 1.807) is 6.07 Å². The topological polar surface area (TPSA) is 15.7 Å². The minimum Gasteiger partial charge on any atom is -0.488 e. The average molecular weight is 444 g/mol. The molecule has 3 nitrogen and oxygen atoms in total. The Balaban J connectivity index is 1.74. The van der Waals surface area contributed by atoms with Crippen molar-refractivity contribution in [1.29, 1.82) is 0 Å². The summed E-state index contributed by atoms with van der Waals surface area (Å²) in [4.78, 5) is 5.41. The number of thiocarbonyl (C=S) groups is 1. The fourth-order valence-corrected chi connectivity index (χ4v) is 3.86. The Hall–Kier alpha value is -1.04.